The zero-order chi connectivity index (χ0) is 13.1. The minimum atomic E-state index is -0.470. The van der Waals surface area contributed by atoms with Gasteiger partial charge in [-0.3, -0.25) is 9.69 Å². The van der Waals surface area contributed by atoms with E-state index in [9.17, 15) is 9.59 Å². The molecular weight excluding hydrogens is 234 g/mol. The third kappa shape index (κ3) is 2.61. The molecule has 0 spiro atoms. The van der Waals surface area contributed by atoms with Crippen molar-refractivity contribution in [2.45, 2.75) is 25.8 Å². The van der Waals surface area contributed by atoms with Gasteiger partial charge in [-0.1, -0.05) is 0 Å². The minimum absolute atomic E-state index is 0.0662. The summed E-state index contributed by atoms with van der Waals surface area (Å²) in [5, 5.41) is 0. The first-order valence-electron chi connectivity index (χ1n) is 6.05. The highest BCUT2D eigenvalue weighted by atomic mass is 16.5. The molecule has 1 aliphatic heterocycles. The predicted molar refractivity (Wildman–Crippen MR) is 64.3 cm³/mol. The van der Waals surface area contributed by atoms with Gasteiger partial charge >= 0.3 is 5.97 Å². The van der Waals surface area contributed by atoms with E-state index >= 15 is 0 Å². The molecule has 1 atom stereocenters. The molecule has 5 nitrogen and oxygen atoms in total. The number of furan rings is 1. The Morgan fingerprint density at radius 2 is 2.06 bits per heavy atom. The molecule has 0 radical (unpaired) electrons. The first-order chi connectivity index (χ1) is 8.61. The fraction of sp³-hybridized carbons (Fsp3) is 0.538. The average molecular weight is 251 g/mol. The number of hydrogen-bond donors (Lipinski definition) is 0. The lowest BCUT2D eigenvalue weighted by Gasteiger charge is -2.30. The van der Waals surface area contributed by atoms with Gasteiger partial charge in [-0.2, -0.15) is 0 Å². The largest absolute Gasteiger partial charge is 0.463 e. The molecule has 2 heterocycles. The molecule has 0 N–H and O–H groups in total. The highest BCUT2D eigenvalue weighted by molar-refractivity contribution is 5.86. The molecule has 18 heavy (non-hydrogen) atoms. The zero-order valence-corrected chi connectivity index (χ0v) is 10.6. The molecule has 0 amide bonds. The summed E-state index contributed by atoms with van der Waals surface area (Å²) < 4.78 is 10.1. The predicted octanol–water partition coefficient (Wildman–Crippen LogP) is 1.79. The van der Waals surface area contributed by atoms with Gasteiger partial charge in [0, 0.05) is 25.9 Å². The zero-order valence-electron chi connectivity index (χ0n) is 10.6. The fourth-order valence-electron chi connectivity index (χ4n) is 2.13. The van der Waals surface area contributed by atoms with Crippen molar-refractivity contribution in [2.24, 2.45) is 0 Å². The summed E-state index contributed by atoms with van der Waals surface area (Å²) in [5.74, 6) is 0.785. The van der Waals surface area contributed by atoms with Crippen molar-refractivity contribution in [3.63, 3.8) is 0 Å². The van der Waals surface area contributed by atoms with Crippen molar-refractivity contribution in [3.8, 4) is 0 Å². The van der Waals surface area contributed by atoms with Crippen molar-refractivity contribution in [3.05, 3.63) is 23.7 Å². The van der Waals surface area contributed by atoms with E-state index in [1.165, 1.54) is 7.11 Å². The monoisotopic (exact) mass is 251 g/mol. The lowest BCUT2D eigenvalue weighted by atomic mass is 10.1. The summed E-state index contributed by atoms with van der Waals surface area (Å²) in [5.41, 5.74) is 0. The summed E-state index contributed by atoms with van der Waals surface area (Å²) in [6.07, 6.45) is 1.18. The second-order valence-corrected chi connectivity index (χ2v) is 4.44. The van der Waals surface area contributed by atoms with Crippen molar-refractivity contribution >= 4 is 11.8 Å². The van der Waals surface area contributed by atoms with Crippen LogP contribution in [0.1, 0.15) is 42.1 Å². The number of nitrogens with zero attached hydrogens (tertiary/aromatic N) is 1. The standard InChI is InChI=1S/C13H17NO4/c1-9(14-7-5-10(15)6-8-14)11-3-4-12(18-11)13(16)17-2/h3-4,9H,5-8H2,1-2H3. The van der Waals surface area contributed by atoms with Gasteiger partial charge in [0.25, 0.3) is 0 Å². The van der Waals surface area contributed by atoms with Crippen molar-refractivity contribution in [2.75, 3.05) is 20.2 Å². The van der Waals surface area contributed by atoms with Gasteiger partial charge in [-0.25, -0.2) is 4.79 Å². The smallest absolute Gasteiger partial charge is 0.373 e. The highest BCUT2D eigenvalue weighted by Crippen LogP contribution is 2.25. The molecule has 0 saturated carbocycles. The van der Waals surface area contributed by atoms with Crippen LogP contribution in [0.2, 0.25) is 0 Å². The van der Waals surface area contributed by atoms with E-state index in [-0.39, 0.29) is 11.8 Å². The SMILES string of the molecule is COC(=O)c1ccc(C(C)N2CCC(=O)CC2)o1. The number of esters is 1. The number of ether oxygens (including phenoxy) is 1. The maximum Gasteiger partial charge on any atom is 0.373 e. The first-order valence-corrected chi connectivity index (χ1v) is 6.05. The molecular formula is C13H17NO4. The Morgan fingerprint density at radius 3 is 2.67 bits per heavy atom. The van der Waals surface area contributed by atoms with Crippen LogP contribution in [0.4, 0.5) is 0 Å². The van der Waals surface area contributed by atoms with Crippen LogP contribution in [0.3, 0.4) is 0 Å². The summed E-state index contributed by atoms with van der Waals surface area (Å²) in [6, 6.07) is 3.47. The molecule has 1 saturated heterocycles. The van der Waals surface area contributed by atoms with Gasteiger partial charge in [0.15, 0.2) is 0 Å². The molecule has 98 valence electrons. The van der Waals surface area contributed by atoms with Crippen LogP contribution in [0.25, 0.3) is 0 Å². The topological polar surface area (TPSA) is 59.8 Å². The van der Waals surface area contributed by atoms with Crippen molar-refractivity contribution in [1.82, 2.24) is 4.90 Å². The normalized spacial score (nSPS) is 18.7. The molecule has 5 heteroatoms. The van der Waals surface area contributed by atoms with Crippen molar-refractivity contribution in [1.29, 1.82) is 0 Å². The number of piperidine rings is 1. The molecule has 2 rings (SSSR count). The summed E-state index contributed by atoms with van der Waals surface area (Å²) in [7, 11) is 1.32. The molecule has 0 aliphatic carbocycles. The van der Waals surface area contributed by atoms with E-state index in [0.29, 0.717) is 18.6 Å². The third-order valence-corrected chi connectivity index (χ3v) is 3.33. The quantitative estimate of drug-likeness (QED) is 0.766. The van der Waals surface area contributed by atoms with Gasteiger partial charge in [0.1, 0.15) is 11.5 Å². The van der Waals surface area contributed by atoms with E-state index in [4.69, 9.17) is 4.42 Å². The Balaban J connectivity index is 2.04. The van der Waals surface area contributed by atoms with Gasteiger partial charge in [0.05, 0.1) is 13.2 Å². The van der Waals surface area contributed by atoms with E-state index in [0.717, 1.165) is 18.8 Å². The number of carbonyl (C=O) groups is 2. The van der Waals surface area contributed by atoms with E-state index in [2.05, 4.69) is 9.64 Å². The summed E-state index contributed by atoms with van der Waals surface area (Å²) >= 11 is 0. The highest BCUT2D eigenvalue weighted by Gasteiger charge is 2.24. The van der Waals surface area contributed by atoms with Crippen LogP contribution in [0.15, 0.2) is 16.5 Å². The van der Waals surface area contributed by atoms with E-state index in [1.807, 2.05) is 6.92 Å². The molecule has 0 bridgehead atoms. The van der Waals surface area contributed by atoms with E-state index < -0.39 is 5.97 Å². The maximum atomic E-state index is 11.3. The van der Waals surface area contributed by atoms with Crippen LogP contribution < -0.4 is 0 Å². The molecule has 1 aromatic heterocycles. The van der Waals surface area contributed by atoms with Crippen LogP contribution in [0.5, 0.6) is 0 Å². The number of hydrogen-bond acceptors (Lipinski definition) is 5. The Labute approximate surface area is 106 Å². The number of ketones is 1. The number of methoxy groups -OCH3 is 1. The molecule has 1 aromatic rings. The second kappa shape index (κ2) is 5.35. The number of likely N-dealkylation sites (tertiary alicyclic amines) is 1. The second-order valence-electron chi connectivity index (χ2n) is 4.44. The third-order valence-electron chi connectivity index (χ3n) is 3.33. The van der Waals surface area contributed by atoms with Crippen LogP contribution in [0, 0.1) is 0 Å². The fourth-order valence-corrected chi connectivity index (χ4v) is 2.13. The molecule has 1 aliphatic rings. The Hall–Kier alpha value is -1.62. The van der Waals surface area contributed by atoms with Gasteiger partial charge in [-0.15, -0.1) is 0 Å². The summed E-state index contributed by atoms with van der Waals surface area (Å²) in [4.78, 5) is 24.7. The Kier molecular flexibility index (Phi) is 3.81. The number of Topliss-reactive ketones (excluding diaryl/α,β-unsaturated/α-hetero) is 1. The van der Waals surface area contributed by atoms with Gasteiger partial charge in [0.2, 0.25) is 5.76 Å². The lowest BCUT2D eigenvalue weighted by Crippen LogP contribution is -2.35. The van der Waals surface area contributed by atoms with Crippen LogP contribution >= 0.6 is 0 Å². The van der Waals surface area contributed by atoms with Crippen LogP contribution in [-0.2, 0) is 9.53 Å². The molecule has 1 unspecified atom stereocenters. The Bertz CT molecular complexity index is 442. The van der Waals surface area contributed by atoms with Gasteiger partial charge < -0.3 is 9.15 Å². The van der Waals surface area contributed by atoms with Crippen molar-refractivity contribution < 1.29 is 18.7 Å². The molecule has 1 fully saturated rings. The summed E-state index contributed by atoms with van der Waals surface area (Å²) in [6.45, 7) is 3.50. The Morgan fingerprint density at radius 1 is 1.39 bits per heavy atom. The van der Waals surface area contributed by atoms with Crippen LogP contribution in [-0.4, -0.2) is 36.9 Å². The maximum absolute atomic E-state index is 11.3. The van der Waals surface area contributed by atoms with Gasteiger partial charge in [-0.05, 0) is 19.1 Å². The minimum Gasteiger partial charge on any atom is -0.463 e. The van der Waals surface area contributed by atoms with E-state index in [1.54, 1.807) is 12.1 Å². The molecule has 0 aromatic carbocycles. The lowest BCUT2D eigenvalue weighted by molar-refractivity contribution is -0.121. The number of rotatable bonds is 3. The number of carbonyl (C=O) groups excluding carboxylic acids is 2. The first kappa shape index (κ1) is 12.8. The average Bonchev–Trinajstić information content (AvgIpc) is 2.87.